The van der Waals surface area contributed by atoms with Crippen molar-refractivity contribution in [1.82, 2.24) is 5.32 Å². The first-order chi connectivity index (χ1) is 5.94. The van der Waals surface area contributed by atoms with Gasteiger partial charge >= 0.3 is 0 Å². The maximum absolute atomic E-state index is 11.0. The molecule has 0 radical (unpaired) electrons. The molecule has 1 fully saturated rings. The van der Waals surface area contributed by atoms with E-state index in [0.29, 0.717) is 0 Å². The van der Waals surface area contributed by atoms with Crippen molar-refractivity contribution < 1.29 is 4.79 Å². The van der Waals surface area contributed by atoms with E-state index in [-0.39, 0.29) is 17.9 Å². The highest BCUT2D eigenvalue weighted by molar-refractivity contribution is 6.83. The van der Waals surface area contributed by atoms with Crippen LogP contribution in [0.1, 0.15) is 13.3 Å². The fourth-order valence-corrected chi connectivity index (χ4v) is 1.86. The van der Waals surface area contributed by atoms with Crippen molar-refractivity contribution >= 4 is 14.0 Å². The highest BCUT2D eigenvalue weighted by Crippen LogP contribution is 2.17. The predicted octanol–water partition coefficient (Wildman–Crippen LogP) is 1.39. The van der Waals surface area contributed by atoms with Gasteiger partial charge in [0.05, 0.1) is 5.92 Å². The summed E-state index contributed by atoms with van der Waals surface area (Å²) in [5, 5.41) is 2.83. The lowest BCUT2D eigenvalue weighted by Gasteiger charge is -2.32. The Kier molecular flexibility index (Phi) is 2.82. The van der Waals surface area contributed by atoms with Crippen molar-refractivity contribution in [3.8, 4) is 11.5 Å². The lowest BCUT2D eigenvalue weighted by atomic mass is 9.89. The van der Waals surface area contributed by atoms with Crippen LogP contribution in [0.25, 0.3) is 0 Å². The fourth-order valence-electron chi connectivity index (χ4n) is 1.27. The van der Waals surface area contributed by atoms with E-state index < -0.39 is 8.07 Å². The summed E-state index contributed by atoms with van der Waals surface area (Å²) in [6, 6.07) is 0.129. The van der Waals surface area contributed by atoms with Gasteiger partial charge < -0.3 is 5.32 Å². The zero-order valence-electron chi connectivity index (χ0n) is 8.77. The first kappa shape index (κ1) is 10.3. The molecular formula is C10H17NOSi. The number of β-lactam (4-membered cyclic amide) rings is 1. The fraction of sp³-hybridized carbons (Fsp3) is 0.700. The molecule has 1 heterocycles. The van der Waals surface area contributed by atoms with Gasteiger partial charge in [0.2, 0.25) is 5.91 Å². The molecule has 0 unspecified atom stereocenters. The first-order valence-electron chi connectivity index (χ1n) is 4.77. The van der Waals surface area contributed by atoms with Crippen LogP contribution in [0, 0.1) is 17.4 Å². The molecule has 0 saturated carbocycles. The average Bonchev–Trinajstić information content (AvgIpc) is 1.96. The summed E-state index contributed by atoms with van der Waals surface area (Å²) in [6.07, 6.45) is 0.900. The van der Waals surface area contributed by atoms with Crippen LogP contribution in [0.3, 0.4) is 0 Å². The number of hydrogen-bond donors (Lipinski definition) is 1. The molecule has 0 aliphatic carbocycles. The lowest BCUT2D eigenvalue weighted by Crippen LogP contribution is -2.57. The second-order valence-electron chi connectivity index (χ2n) is 4.52. The molecule has 0 bridgehead atoms. The summed E-state index contributed by atoms with van der Waals surface area (Å²) in [7, 11) is -1.28. The quantitative estimate of drug-likeness (QED) is 0.382. The Hall–Kier alpha value is -0.753. The number of nitrogens with one attached hydrogen (secondary N) is 1. The zero-order valence-corrected chi connectivity index (χ0v) is 9.77. The van der Waals surface area contributed by atoms with Crippen LogP contribution in [-0.4, -0.2) is 20.0 Å². The minimum absolute atomic E-state index is 0.129. The average molecular weight is 195 g/mol. The number of rotatable bonds is 1. The second-order valence-corrected chi connectivity index (χ2v) is 9.27. The highest BCUT2D eigenvalue weighted by atomic mass is 28.3. The van der Waals surface area contributed by atoms with Gasteiger partial charge in [-0.1, -0.05) is 32.5 Å². The topological polar surface area (TPSA) is 29.1 Å². The summed E-state index contributed by atoms with van der Waals surface area (Å²) in [4.78, 5) is 11.0. The number of carbonyl (C=O) groups excluding carboxylic acids is 1. The van der Waals surface area contributed by atoms with E-state index in [0.717, 1.165) is 6.42 Å². The van der Waals surface area contributed by atoms with E-state index in [9.17, 15) is 4.79 Å². The molecule has 1 aliphatic rings. The van der Waals surface area contributed by atoms with Crippen LogP contribution >= 0.6 is 0 Å². The summed E-state index contributed by atoms with van der Waals surface area (Å²) < 4.78 is 0. The molecule has 1 rings (SSSR count). The van der Waals surface area contributed by atoms with Crippen molar-refractivity contribution in [1.29, 1.82) is 0 Å². The van der Waals surface area contributed by atoms with Gasteiger partial charge in [-0.25, -0.2) is 0 Å². The Labute approximate surface area is 81.1 Å². The number of carbonyl (C=O) groups is 1. The molecule has 0 spiro atoms. The van der Waals surface area contributed by atoms with Crippen molar-refractivity contribution in [2.24, 2.45) is 5.92 Å². The molecule has 1 N–H and O–H groups in total. The second kappa shape index (κ2) is 3.55. The molecule has 2 atom stereocenters. The molecule has 1 amide bonds. The largest absolute Gasteiger partial charge is 0.341 e. The SMILES string of the molecule is CC[C@H]1C(=O)N[C@@H]1C#C[Si](C)(C)C. The van der Waals surface area contributed by atoms with Crippen molar-refractivity contribution in [3.63, 3.8) is 0 Å². The smallest absolute Gasteiger partial charge is 0.227 e. The molecule has 0 aromatic heterocycles. The Balaban J connectivity index is 2.56. The van der Waals surface area contributed by atoms with Crippen LogP contribution in [0.2, 0.25) is 19.6 Å². The van der Waals surface area contributed by atoms with E-state index in [1.807, 2.05) is 6.92 Å². The van der Waals surface area contributed by atoms with Crippen molar-refractivity contribution in [3.05, 3.63) is 0 Å². The van der Waals surface area contributed by atoms with Gasteiger partial charge in [0.25, 0.3) is 0 Å². The minimum Gasteiger partial charge on any atom is -0.341 e. The molecule has 1 aliphatic heterocycles. The third kappa shape index (κ3) is 2.60. The Morgan fingerprint density at radius 1 is 1.46 bits per heavy atom. The normalized spacial score (nSPS) is 26.9. The van der Waals surface area contributed by atoms with Crippen LogP contribution in [-0.2, 0) is 4.79 Å². The van der Waals surface area contributed by atoms with Gasteiger partial charge in [-0.15, -0.1) is 5.54 Å². The van der Waals surface area contributed by atoms with E-state index in [4.69, 9.17) is 0 Å². The molecule has 72 valence electrons. The monoisotopic (exact) mass is 195 g/mol. The zero-order chi connectivity index (χ0) is 10.1. The predicted molar refractivity (Wildman–Crippen MR) is 56.8 cm³/mol. The van der Waals surface area contributed by atoms with Gasteiger partial charge in [-0.2, -0.15) is 0 Å². The van der Waals surface area contributed by atoms with Crippen molar-refractivity contribution in [2.75, 3.05) is 0 Å². The highest BCUT2D eigenvalue weighted by Gasteiger charge is 2.36. The molecule has 0 aromatic rings. The standard InChI is InChI=1S/C10H17NOSi/c1-5-8-9(11-10(8)12)6-7-13(2,3)4/h8-9H,5H2,1-4H3,(H,11,12)/t8-,9-/m1/s1. The summed E-state index contributed by atoms with van der Waals surface area (Å²) in [5.74, 6) is 3.48. The Morgan fingerprint density at radius 3 is 2.46 bits per heavy atom. The minimum atomic E-state index is -1.28. The summed E-state index contributed by atoms with van der Waals surface area (Å²) in [6.45, 7) is 8.66. The van der Waals surface area contributed by atoms with Gasteiger partial charge in [-0.3, -0.25) is 4.79 Å². The lowest BCUT2D eigenvalue weighted by molar-refractivity contribution is -0.133. The van der Waals surface area contributed by atoms with Crippen molar-refractivity contribution in [2.45, 2.75) is 39.0 Å². The van der Waals surface area contributed by atoms with Crippen LogP contribution in [0.4, 0.5) is 0 Å². The van der Waals surface area contributed by atoms with Crippen LogP contribution in [0.15, 0.2) is 0 Å². The summed E-state index contributed by atoms with van der Waals surface area (Å²) in [5.41, 5.74) is 3.28. The Bertz CT molecular complexity index is 269. The number of hydrogen-bond acceptors (Lipinski definition) is 1. The maximum atomic E-state index is 11.0. The number of amides is 1. The third-order valence-corrected chi connectivity index (χ3v) is 2.97. The summed E-state index contributed by atoms with van der Waals surface area (Å²) >= 11 is 0. The molecule has 13 heavy (non-hydrogen) atoms. The molecule has 1 saturated heterocycles. The van der Waals surface area contributed by atoms with E-state index in [1.54, 1.807) is 0 Å². The molecule has 3 heteroatoms. The Morgan fingerprint density at radius 2 is 2.08 bits per heavy atom. The van der Waals surface area contributed by atoms with Crippen LogP contribution < -0.4 is 5.32 Å². The van der Waals surface area contributed by atoms with Gasteiger partial charge in [0.1, 0.15) is 14.1 Å². The first-order valence-corrected chi connectivity index (χ1v) is 8.27. The van der Waals surface area contributed by atoms with Gasteiger partial charge in [0.15, 0.2) is 0 Å². The van der Waals surface area contributed by atoms with Crippen LogP contribution in [0.5, 0.6) is 0 Å². The van der Waals surface area contributed by atoms with E-state index in [1.165, 1.54) is 0 Å². The maximum Gasteiger partial charge on any atom is 0.227 e. The van der Waals surface area contributed by atoms with Gasteiger partial charge in [-0.05, 0) is 6.42 Å². The van der Waals surface area contributed by atoms with Gasteiger partial charge in [0, 0.05) is 0 Å². The molecule has 0 aromatic carbocycles. The molecular weight excluding hydrogens is 178 g/mol. The van der Waals surface area contributed by atoms with E-state index in [2.05, 4.69) is 36.4 Å². The third-order valence-electron chi connectivity index (χ3n) is 2.08. The van der Waals surface area contributed by atoms with E-state index >= 15 is 0 Å². The molecule has 2 nitrogen and oxygen atoms in total.